The Morgan fingerprint density at radius 1 is 1.00 bits per heavy atom. The maximum Gasteiger partial charge on any atom is 0.320 e. The molecule has 0 radical (unpaired) electrons. The minimum atomic E-state index is -0.911. The van der Waals surface area contributed by atoms with Crippen LogP contribution in [-0.4, -0.2) is 80.5 Å². The molecule has 2 amide bonds. The molecule has 0 bridgehead atoms. The van der Waals surface area contributed by atoms with Gasteiger partial charge in [0.2, 0.25) is 0 Å². The number of amides is 2. The Morgan fingerprint density at radius 3 is 1.89 bits per heavy atom. The number of methoxy groups -OCH3 is 2. The van der Waals surface area contributed by atoms with Crippen LogP contribution in [-0.2, 0) is 14.3 Å². The van der Waals surface area contributed by atoms with Crippen LogP contribution in [0.25, 0.3) is 0 Å². The van der Waals surface area contributed by atoms with Crippen LogP contribution in [0.15, 0.2) is 0 Å². The molecule has 0 aliphatic rings. The van der Waals surface area contributed by atoms with Gasteiger partial charge < -0.3 is 24.4 Å². The summed E-state index contributed by atoms with van der Waals surface area (Å²) in [5.41, 5.74) is 0. The number of carboxylic acid groups (broad SMARTS) is 1. The van der Waals surface area contributed by atoms with Crippen LogP contribution in [0.2, 0.25) is 0 Å². The zero-order valence-electron chi connectivity index (χ0n) is 11.9. The molecule has 0 aromatic carbocycles. The zero-order chi connectivity index (χ0) is 14.7. The van der Waals surface area contributed by atoms with Crippen molar-refractivity contribution in [3.63, 3.8) is 0 Å². The van der Waals surface area contributed by atoms with E-state index < -0.39 is 5.97 Å². The largest absolute Gasteiger partial charge is 0.481 e. The van der Waals surface area contributed by atoms with Crippen LogP contribution in [0, 0.1) is 0 Å². The molecular weight excluding hydrogens is 252 g/mol. The normalized spacial score (nSPS) is 10.3. The summed E-state index contributed by atoms with van der Waals surface area (Å²) >= 11 is 0. The molecule has 112 valence electrons. The van der Waals surface area contributed by atoms with Gasteiger partial charge in [0.1, 0.15) is 0 Å². The first kappa shape index (κ1) is 17.7. The maximum absolute atomic E-state index is 12.2. The van der Waals surface area contributed by atoms with Gasteiger partial charge in [0.15, 0.2) is 0 Å². The second-order valence-corrected chi connectivity index (χ2v) is 3.98. The molecule has 0 unspecified atom stereocenters. The van der Waals surface area contributed by atoms with Crippen LogP contribution >= 0.6 is 0 Å². The number of aliphatic carboxylic acids is 1. The first-order chi connectivity index (χ1) is 9.06. The molecule has 0 fully saturated rings. The van der Waals surface area contributed by atoms with Crippen molar-refractivity contribution in [3.8, 4) is 0 Å². The molecule has 0 spiro atoms. The number of carbonyl (C=O) groups is 2. The van der Waals surface area contributed by atoms with Gasteiger partial charge in [0, 0.05) is 40.4 Å². The Hall–Kier alpha value is -1.34. The van der Waals surface area contributed by atoms with E-state index in [1.807, 2.05) is 6.92 Å². The molecule has 0 saturated heterocycles. The number of rotatable bonds is 10. The van der Waals surface area contributed by atoms with Gasteiger partial charge in [-0.05, 0) is 6.92 Å². The van der Waals surface area contributed by atoms with Crippen LogP contribution in [0.5, 0.6) is 0 Å². The van der Waals surface area contributed by atoms with Crippen molar-refractivity contribution < 1.29 is 24.2 Å². The van der Waals surface area contributed by atoms with Crippen LogP contribution in [0.1, 0.15) is 13.3 Å². The summed E-state index contributed by atoms with van der Waals surface area (Å²) in [6.07, 6.45) is -0.0536. The van der Waals surface area contributed by atoms with E-state index in [1.54, 1.807) is 19.1 Å². The third-order valence-electron chi connectivity index (χ3n) is 2.65. The summed E-state index contributed by atoms with van der Waals surface area (Å²) in [7, 11) is 3.14. The Bertz CT molecular complexity index is 265. The molecule has 7 nitrogen and oxygen atoms in total. The van der Waals surface area contributed by atoms with Crippen molar-refractivity contribution in [2.45, 2.75) is 13.3 Å². The van der Waals surface area contributed by atoms with Gasteiger partial charge in [0.25, 0.3) is 0 Å². The van der Waals surface area contributed by atoms with E-state index >= 15 is 0 Å². The average molecular weight is 276 g/mol. The number of hydrogen-bond acceptors (Lipinski definition) is 4. The fourth-order valence-electron chi connectivity index (χ4n) is 1.53. The van der Waals surface area contributed by atoms with Crippen molar-refractivity contribution in [1.82, 2.24) is 9.80 Å². The minimum Gasteiger partial charge on any atom is -0.481 e. The Labute approximate surface area is 114 Å². The summed E-state index contributed by atoms with van der Waals surface area (Å²) < 4.78 is 9.93. The van der Waals surface area contributed by atoms with Gasteiger partial charge in [-0.3, -0.25) is 4.79 Å². The highest BCUT2D eigenvalue weighted by molar-refractivity contribution is 5.75. The van der Waals surface area contributed by atoms with E-state index in [-0.39, 0.29) is 19.0 Å². The number of nitrogens with zero attached hydrogens (tertiary/aromatic N) is 2. The molecule has 0 aromatic heterocycles. The van der Waals surface area contributed by atoms with Crippen LogP contribution < -0.4 is 0 Å². The fourth-order valence-corrected chi connectivity index (χ4v) is 1.53. The number of hydrogen-bond donors (Lipinski definition) is 1. The van der Waals surface area contributed by atoms with E-state index in [4.69, 9.17) is 14.6 Å². The molecule has 0 aromatic rings. The summed E-state index contributed by atoms with van der Waals surface area (Å²) in [6.45, 7) is 4.30. The van der Waals surface area contributed by atoms with Crippen molar-refractivity contribution >= 4 is 12.0 Å². The van der Waals surface area contributed by atoms with Crippen LogP contribution in [0.3, 0.4) is 0 Å². The molecule has 7 heteroatoms. The van der Waals surface area contributed by atoms with E-state index in [1.165, 1.54) is 4.90 Å². The molecule has 19 heavy (non-hydrogen) atoms. The Balaban J connectivity index is 4.47. The number of ether oxygens (including phenoxy) is 2. The number of urea groups is 1. The Morgan fingerprint density at radius 2 is 1.53 bits per heavy atom. The van der Waals surface area contributed by atoms with E-state index in [9.17, 15) is 9.59 Å². The summed E-state index contributed by atoms with van der Waals surface area (Å²) in [5, 5.41) is 8.67. The number of carbonyl (C=O) groups excluding carboxylic acids is 1. The Kier molecular flexibility index (Phi) is 9.82. The van der Waals surface area contributed by atoms with Crippen molar-refractivity contribution in [1.29, 1.82) is 0 Å². The van der Waals surface area contributed by atoms with Crippen molar-refractivity contribution in [3.05, 3.63) is 0 Å². The molecule has 0 atom stereocenters. The smallest absolute Gasteiger partial charge is 0.320 e. The first-order valence-corrected chi connectivity index (χ1v) is 6.30. The monoisotopic (exact) mass is 276 g/mol. The van der Waals surface area contributed by atoms with E-state index in [0.29, 0.717) is 32.8 Å². The summed E-state index contributed by atoms with van der Waals surface area (Å²) in [4.78, 5) is 25.9. The predicted octanol–water partition coefficient (Wildman–Crippen LogP) is 0.498. The highest BCUT2D eigenvalue weighted by Gasteiger charge is 2.19. The van der Waals surface area contributed by atoms with Gasteiger partial charge in [-0.25, -0.2) is 4.79 Å². The zero-order valence-corrected chi connectivity index (χ0v) is 11.9. The second-order valence-electron chi connectivity index (χ2n) is 3.98. The molecule has 0 rings (SSSR count). The third kappa shape index (κ3) is 7.63. The minimum absolute atomic E-state index is 0.0536. The summed E-state index contributed by atoms with van der Waals surface area (Å²) in [6, 6.07) is -0.183. The van der Waals surface area contributed by atoms with Gasteiger partial charge in [-0.1, -0.05) is 0 Å². The first-order valence-electron chi connectivity index (χ1n) is 6.30. The maximum atomic E-state index is 12.2. The highest BCUT2D eigenvalue weighted by atomic mass is 16.5. The second kappa shape index (κ2) is 10.6. The standard InChI is InChI=1S/C12H24N2O5/c1-4-13(6-5-11(15)16)12(17)14(7-9-18-2)8-10-19-3/h4-10H2,1-3H3,(H,15,16). The molecular formula is C12H24N2O5. The third-order valence-corrected chi connectivity index (χ3v) is 2.65. The fraction of sp³-hybridized carbons (Fsp3) is 0.833. The predicted molar refractivity (Wildman–Crippen MR) is 70.2 cm³/mol. The SMILES string of the molecule is CCN(CCC(=O)O)C(=O)N(CCOC)CCOC. The lowest BCUT2D eigenvalue weighted by atomic mass is 10.4. The molecule has 0 aliphatic carbocycles. The van der Waals surface area contributed by atoms with Gasteiger partial charge in [-0.15, -0.1) is 0 Å². The van der Waals surface area contributed by atoms with Crippen LogP contribution in [0.4, 0.5) is 4.79 Å². The van der Waals surface area contributed by atoms with Crippen molar-refractivity contribution in [2.75, 3.05) is 53.6 Å². The molecule has 1 N–H and O–H groups in total. The molecule has 0 saturated carbocycles. The molecule has 0 aliphatic heterocycles. The van der Waals surface area contributed by atoms with Crippen molar-refractivity contribution in [2.24, 2.45) is 0 Å². The quantitative estimate of drug-likeness (QED) is 0.628. The lowest BCUT2D eigenvalue weighted by Gasteiger charge is -2.29. The van der Waals surface area contributed by atoms with Gasteiger partial charge >= 0.3 is 12.0 Å². The van der Waals surface area contributed by atoms with Gasteiger partial charge in [-0.2, -0.15) is 0 Å². The number of carboxylic acids is 1. The van der Waals surface area contributed by atoms with E-state index in [2.05, 4.69) is 0 Å². The summed E-state index contributed by atoms with van der Waals surface area (Å²) in [5.74, 6) is -0.911. The highest BCUT2D eigenvalue weighted by Crippen LogP contribution is 2.01. The van der Waals surface area contributed by atoms with E-state index in [0.717, 1.165) is 0 Å². The lowest BCUT2D eigenvalue weighted by molar-refractivity contribution is -0.137. The topological polar surface area (TPSA) is 79.3 Å². The lowest BCUT2D eigenvalue weighted by Crippen LogP contribution is -2.46. The molecule has 0 heterocycles. The average Bonchev–Trinajstić information content (AvgIpc) is 2.39. The van der Waals surface area contributed by atoms with Gasteiger partial charge in [0.05, 0.1) is 19.6 Å².